The molecule has 0 saturated carbocycles. The van der Waals surface area contributed by atoms with E-state index in [2.05, 4.69) is 97.6 Å². The third kappa shape index (κ3) is 6.01. The van der Waals surface area contributed by atoms with Crippen LogP contribution in [0.2, 0.25) is 4.89 Å². The fourth-order valence-electron chi connectivity index (χ4n) is 2.21. The first-order valence-electron chi connectivity index (χ1n) is 7.56. The van der Waals surface area contributed by atoms with E-state index in [0.717, 1.165) is 4.89 Å². The van der Waals surface area contributed by atoms with E-state index in [9.17, 15) is 0 Å². The maximum atomic E-state index is 5.28. The van der Waals surface area contributed by atoms with Gasteiger partial charge in [0.25, 0.3) is 0 Å². The van der Waals surface area contributed by atoms with Crippen molar-refractivity contribution in [2.24, 2.45) is 0 Å². The Morgan fingerprint density at radius 1 is 0.708 bits per heavy atom. The van der Waals surface area contributed by atoms with Gasteiger partial charge in [0.1, 0.15) is 0 Å². The van der Waals surface area contributed by atoms with Crippen molar-refractivity contribution in [2.75, 3.05) is 0 Å². The molecule has 0 amide bonds. The number of halogens is 1. The summed E-state index contributed by atoms with van der Waals surface area (Å²) in [5, 5.41) is 4.19. The molecule has 0 nitrogen and oxygen atoms in total. The Balaban J connectivity index is 0.000000368. The van der Waals surface area contributed by atoms with Gasteiger partial charge in [-0.2, -0.15) is 0 Å². The molecule has 0 aliphatic heterocycles. The van der Waals surface area contributed by atoms with Gasteiger partial charge in [-0.3, -0.25) is 0 Å². The van der Waals surface area contributed by atoms with Gasteiger partial charge in [-0.25, -0.2) is 0 Å². The van der Waals surface area contributed by atoms with Gasteiger partial charge in [-0.1, -0.05) is 91.0 Å². The Bertz CT molecular complexity index is 608. The first-order valence-corrected chi connectivity index (χ1v) is 12.0. The second-order valence-corrected chi connectivity index (χ2v) is 9.11. The molecule has 3 aromatic rings. The summed E-state index contributed by atoms with van der Waals surface area (Å²) < 4.78 is 0. The van der Waals surface area contributed by atoms with E-state index in [0.29, 0.717) is 17.0 Å². The fraction of sp³-hybridized carbons (Fsp3) is 0.0476. The maximum Gasteiger partial charge on any atom is -0.0134 e. The zero-order valence-electron chi connectivity index (χ0n) is 13.3. The van der Waals surface area contributed by atoms with E-state index in [4.69, 9.17) is 9.53 Å². The van der Waals surface area contributed by atoms with Crippen molar-refractivity contribution in [1.29, 1.82) is 0 Å². The number of benzene rings is 3. The molecule has 0 atom stereocenters. The summed E-state index contributed by atoms with van der Waals surface area (Å²) in [6, 6.07) is 32.3. The van der Waals surface area contributed by atoms with Crippen LogP contribution in [0.3, 0.4) is 0 Å². The van der Waals surface area contributed by atoms with Crippen LogP contribution < -0.4 is 15.9 Å². The van der Waals surface area contributed by atoms with E-state index in [-0.39, 0.29) is 0 Å². The molecule has 0 unspecified atom stereocenters. The molecule has 0 fully saturated rings. The summed E-state index contributed by atoms with van der Waals surface area (Å²) in [6.45, 7) is 3.48. The zero-order chi connectivity index (χ0) is 17.0. The molecule has 0 aliphatic carbocycles. The summed E-state index contributed by atoms with van der Waals surface area (Å²) >= 11 is 0.363. The van der Waals surface area contributed by atoms with E-state index >= 15 is 0 Å². The van der Waals surface area contributed by atoms with Crippen molar-refractivity contribution < 1.29 is 17.0 Å². The molecule has 0 aromatic heterocycles. The normalized spacial score (nSPS) is 10.1. The number of allylic oxidation sites excluding steroid dienone is 1. The molecule has 0 saturated heterocycles. The molecule has 0 radical (unpaired) electrons. The van der Waals surface area contributed by atoms with Crippen molar-refractivity contribution in [2.45, 2.75) is 4.89 Å². The fourth-order valence-corrected chi connectivity index (χ4v) is 5.10. The topological polar surface area (TPSA) is 0 Å². The molecule has 0 aliphatic rings. The van der Waals surface area contributed by atoms with Crippen molar-refractivity contribution in [3.63, 3.8) is 0 Å². The molecule has 24 heavy (non-hydrogen) atoms. The molecule has 3 heteroatoms. The summed E-state index contributed by atoms with van der Waals surface area (Å²) in [6.07, 6.45) is 1.82. The van der Waals surface area contributed by atoms with Crippen LogP contribution in [0, 0.1) is 0 Å². The van der Waals surface area contributed by atoms with Crippen LogP contribution in [0.5, 0.6) is 0 Å². The molecular formula is C21H20ClPPd. The summed E-state index contributed by atoms with van der Waals surface area (Å²) in [5.41, 5.74) is 0. The molecule has 0 N–H and O–H groups in total. The molecule has 0 bridgehead atoms. The molecule has 3 rings (SSSR count). The predicted molar refractivity (Wildman–Crippen MR) is 106 cm³/mol. The van der Waals surface area contributed by atoms with Gasteiger partial charge in [0.05, 0.1) is 0 Å². The van der Waals surface area contributed by atoms with Gasteiger partial charge in [0.15, 0.2) is 0 Å². The quantitative estimate of drug-likeness (QED) is 0.285. The maximum absolute atomic E-state index is 5.28. The Hall–Kier alpha value is -1.22. The van der Waals surface area contributed by atoms with Gasteiger partial charge in [0.2, 0.25) is 0 Å². The smallest absolute Gasteiger partial charge is 0.0134 e. The van der Waals surface area contributed by atoms with Crippen molar-refractivity contribution in [1.82, 2.24) is 0 Å². The largest absolute Gasteiger partial charge is 0.0622 e. The third-order valence-electron chi connectivity index (χ3n) is 3.18. The van der Waals surface area contributed by atoms with E-state index in [1.807, 2.05) is 6.08 Å². The molecule has 126 valence electrons. The van der Waals surface area contributed by atoms with Gasteiger partial charge in [0, 0.05) is 0 Å². The Kier molecular flexibility index (Phi) is 9.04. The van der Waals surface area contributed by atoms with Crippen LogP contribution in [0.25, 0.3) is 0 Å². The summed E-state index contributed by atoms with van der Waals surface area (Å²) in [4.78, 5) is 0.968. The minimum Gasteiger partial charge on any atom is -0.0622 e. The zero-order valence-corrected chi connectivity index (χ0v) is 16.5. The standard InChI is InChI=1S/C18H15P.C3H5.ClH.Pd/c1-4-10-16(11-5-1)19(17-12-6-2-7-13-17)18-14-8-3-9-15-18;1-3-2;;/h1-15H;3H,1-2H2;1H;/q;;;+1/p-1. The SMILES string of the molecule is C=C[CH2][Pd][Cl].c1ccc(P(c2ccccc2)c2ccccc2)cc1. The predicted octanol–water partition coefficient (Wildman–Crippen LogP) is 5.27. The Morgan fingerprint density at radius 2 is 1.04 bits per heavy atom. The molecular weight excluding hydrogens is 425 g/mol. The number of rotatable bonds is 5. The van der Waals surface area contributed by atoms with Crippen LogP contribution in [-0.2, 0) is 17.0 Å². The van der Waals surface area contributed by atoms with E-state index in [1.54, 1.807) is 0 Å². The van der Waals surface area contributed by atoms with Crippen LogP contribution in [0.15, 0.2) is 104 Å². The monoisotopic (exact) mass is 444 g/mol. The summed E-state index contributed by atoms with van der Waals surface area (Å²) in [5.74, 6) is 0. The first-order chi connectivity index (χ1) is 11.9. The van der Waals surface area contributed by atoms with Crippen LogP contribution in [0.4, 0.5) is 0 Å². The average molecular weight is 445 g/mol. The first kappa shape index (κ1) is 19.1. The summed E-state index contributed by atoms with van der Waals surface area (Å²) in [7, 11) is 4.83. The van der Waals surface area contributed by atoms with Crippen LogP contribution in [0.1, 0.15) is 0 Å². The van der Waals surface area contributed by atoms with Crippen molar-refractivity contribution in [3.8, 4) is 0 Å². The van der Waals surface area contributed by atoms with E-state index in [1.165, 1.54) is 15.9 Å². The number of hydrogen-bond donors (Lipinski definition) is 0. The number of hydrogen-bond acceptors (Lipinski definition) is 0. The van der Waals surface area contributed by atoms with E-state index < -0.39 is 7.92 Å². The second-order valence-electron chi connectivity index (χ2n) is 4.84. The molecule has 0 spiro atoms. The van der Waals surface area contributed by atoms with Crippen molar-refractivity contribution >= 4 is 33.4 Å². The molecule has 3 aromatic carbocycles. The third-order valence-corrected chi connectivity index (χ3v) is 6.89. The van der Waals surface area contributed by atoms with Crippen LogP contribution in [-0.4, -0.2) is 0 Å². The minimum atomic E-state index is -0.446. The Labute approximate surface area is 158 Å². The Morgan fingerprint density at radius 3 is 1.25 bits per heavy atom. The van der Waals surface area contributed by atoms with Gasteiger partial charge >= 0.3 is 44.0 Å². The van der Waals surface area contributed by atoms with Gasteiger partial charge < -0.3 is 0 Å². The average Bonchev–Trinajstić information content (AvgIpc) is 2.66. The second kappa shape index (κ2) is 11.4. The molecule has 0 heterocycles. The van der Waals surface area contributed by atoms with Crippen LogP contribution >= 0.6 is 17.5 Å². The minimum absolute atomic E-state index is 0.363. The van der Waals surface area contributed by atoms with Gasteiger partial charge in [-0.15, -0.1) is 0 Å². The van der Waals surface area contributed by atoms with Crippen molar-refractivity contribution in [3.05, 3.63) is 104 Å². The van der Waals surface area contributed by atoms with Gasteiger partial charge in [-0.05, 0) is 23.8 Å².